The van der Waals surface area contributed by atoms with E-state index in [2.05, 4.69) is 10.3 Å². The minimum absolute atomic E-state index is 0.294. The fourth-order valence-electron chi connectivity index (χ4n) is 2.30. The van der Waals surface area contributed by atoms with Gasteiger partial charge in [0, 0.05) is 30.4 Å². The molecule has 0 spiro atoms. The van der Waals surface area contributed by atoms with Gasteiger partial charge in [0.15, 0.2) is 0 Å². The number of ether oxygens (including phenoxy) is 1. The SMILES string of the molecule is COc1ccc(F)c(NCc2cccc3cnccc23)c1. The molecule has 0 atom stereocenters. The number of nitrogens with zero attached hydrogens (tertiary/aromatic N) is 1. The van der Waals surface area contributed by atoms with Crippen molar-refractivity contribution < 1.29 is 9.13 Å². The van der Waals surface area contributed by atoms with Crippen LogP contribution in [0.2, 0.25) is 0 Å². The van der Waals surface area contributed by atoms with E-state index in [9.17, 15) is 4.39 Å². The summed E-state index contributed by atoms with van der Waals surface area (Å²) in [6, 6.07) is 12.6. The van der Waals surface area contributed by atoms with Crippen LogP contribution in [0.5, 0.6) is 5.75 Å². The summed E-state index contributed by atoms with van der Waals surface area (Å²) in [5.41, 5.74) is 1.53. The summed E-state index contributed by atoms with van der Waals surface area (Å²) in [5, 5.41) is 5.31. The number of hydrogen-bond donors (Lipinski definition) is 1. The molecule has 0 saturated carbocycles. The number of fused-ring (bicyclic) bond motifs is 1. The van der Waals surface area contributed by atoms with E-state index in [-0.39, 0.29) is 5.82 Å². The van der Waals surface area contributed by atoms with Crippen LogP contribution < -0.4 is 10.1 Å². The molecule has 0 aliphatic rings. The zero-order valence-corrected chi connectivity index (χ0v) is 11.6. The van der Waals surface area contributed by atoms with Gasteiger partial charge in [0.2, 0.25) is 0 Å². The molecular formula is C17H15FN2O. The molecule has 0 fully saturated rings. The van der Waals surface area contributed by atoms with E-state index in [1.165, 1.54) is 6.07 Å². The van der Waals surface area contributed by atoms with Gasteiger partial charge in [-0.15, -0.1) is 0 Å². The molecule has 0 aliphatic heterocycles. The van der Waals surface area contributed by atoms with E-state index in [0.717, 1.165) is 16.3 Å². The van der Waals surface area contributed by atoms with Crippen LogP contribution in [0, 0.1) is 5.82 Å². The van der Waals surface area contributed by atoms with Crippen LogP contribution in [-0.2, 0) is 6.54 Å². The molecular weight excluding hydrogens is 267 g/mol. The van der Waals surface area contributed by atoms with Gasteiger partial charge in [-0.25, -0.2) is 4.39 Å². The van der Waals surface area contributed by atoms with Crippen molar-refractivity contribution in [2.75, 3.05) is 12.4 Å². The minimum atomic E-state index is -0.294. The van der Waals surface area contributed by atoms with Crippen LogP contribution in [0.15, 0.2) is 54.9 Å². The third-order valence-electron chi connectivity index (χ3n) is 3.41. The van der Waals surface area contributed by atoms with Gasteiger partial charge >= 0.3 is 0 Å². The van der Waals surface area contributed by atoms with Gasteiger partial charge in [0.1, 0.15) is 11.6 Å². The Morgan fingerprint density at radius 1 is 1.19 bits per heavy atom. The number of aromatic nitrogens is 1. The zero-order valence-electron chi connectivity index (χ0n) is 11.6. The number of nitrogens with one attached hydrogen (secondary N) is 1. The monoisotopic (exact) mass is 282 g/mol. The third-order valence-corrected chi connectivity index (χ3v) is 3.41. The lowest BCUT2D eigenvalue weighted by Gasteiger charge is -2.11. The van der Waals surface area contributed by atoms with Crippen molar-refractivity contribution in [1.82, 2.24) is 4.98 Å². The smallest absolute Gasteiger partial charge is 0.146 e. The zero-order chi connectivity index (χ0) is 14.7. The summed E-state index contributed by atoms with van der Waals surface area (Å²) in [6.07, 6.45) is 3.59. The van der Waals surface area contributed by atoms with Crippen LogP contribution in [0.4, 0.5) is 10.1 Å². The molecule has 3 aromatic rings. The van der Waals surface area contributed by atoms with Crippen LogP contribution in [0.3, 0.4) is 0 Å². The van der Waals surface area contributed by atoms with Gasteiger partial charge in [-0.2, -0.15) is 0 Å². The van der Waals surface area contributed by atoms with Gasteiger partial charge in [-0.05, 0) is 29.1 Å². The Hall–Kier alpha value is -2.62. The first-order chi connectivity index (χ1) is 10.3. The summed E-state index contributed by atoms with van der Waals surface area (Å²) in [7, 11) is 1.56. The average Bonchev–Trinajstić information content (AvgIpc) is 2.54. The lowest BCUT2D eigenvalue weighted by molar-refractivity contribution is 0.414. The summed E-state index contributed by atoms with van der Waals surface area (Å²) < 4.78 is 18.9. The first-order valence-corrected chi connectivity index (χ1v) is 6.67. The van der Waals surface area contributed by atoms with Gasteiger partial charge < -0.3 is 10.1 Å². The fourth-order valence-corrected chi connectivity index (χ4v) is 2.30. The molecule has 21 heavy (non-hydrogen) atoms. The maximum absolute atomic E-state index is 13.8. The Morgan fingerprint density at radius 2 is 2.10 bits per heavy atom. The van der Waals surface area contributed by atoms with Crippen molar-refractivity contribution in [3.63, 3.8) is 0 Å². The number of pyridine rings is 1. The van der Waals surface area contributed by atoms with Crippen molar-refractivity contribution in [1.29, 1.82) is 0 Å². The van der Waals surface area contributed by atoms with Gasteiger partial charge in [0.05, 0.1) is 12.8 Å². The lowest BCUT2D eigenvalue weighted by atomic mass is 10.1. The number of halogens is 1. The van der Waals surface area contributed by atoms with E-state index >= 15 is 0 Å². The van der Waals surface area contributed by atoms with E-state index in [0.29, 0.717) is 18.0 Å². The van der Waals surface area contributed by atoms with E-state index in [4.69, 9.17) is 4.74 Å². The Bertz CT molecular complexity index is 768. The summed E-state index contributed by atoms with van der Waals surface area (Å²) in [6.45, 7) is 0.533. The molecule has 2 aromatic carbocycles. The van der Waals surface area contributed by atoms with Gasteiger partial charge in [-0.1, -0.05) is 18.2 Å². The molecule has 1 aromatic heterocycles. The van der Waals surface area contributed by atoms with Crippen molar-refractivity contribution >= 4 is 16.5 Å². The first kappa shape index (κ1) is 13.4. The topological polar surface area (TPSA) is 34.1 Å². The largest absolute Gasteiger partial charge is 0.497 e. The molecule has 1 heterocycles. The second-order valence-electron chi connectivity index (χ2n) is 4.71. The third kappa shape index (κ3) is 2.79. The highest BCUT2D eigenvalue weighted by molar-refractivity contribution is 5.84. The van der Waals surface area contributed by atoms with Crippen LogP contribution in [0.1, 0.15) is 5.56 Å². The Balaban J connectivity index is 1.87. The summed E-state index contributed by atoms with van der Waals surface area (Å²) >= 11 is 0. The maximum Gasteiger partial charge on any atom is 0.146 e. The predicted molar refractivity (Wildman–Crippen MR) is 82.0 cm³/mol. The average molecular weight is 282 g/mol. The fraction of sp³-hybridized carbons (Fsp3) is 0.118. The first-order valence-electron chi connectivity index (χ1n) is 6.67. The molecule has 0 saturated heterocycles. The highest BCUT2D eigenvalue weighted by Gasteiger charge is 2.05. The highest BCUT2D eigenvalue weighted by atomic mass is 19.1. The van der Waals surface area contributed by atoms with Crippen molar-refractivity contribution in [2.24, 2.45) is 0 Å². The molecule has 1 N–H and O–H groups in total. The Labute approximate surface area is 122 Å². The molecule has 3 nitrogen and oxygen atoms in total. The Kier molecular flexibility index (Phi) is 3.69. The number of hydrogen-bond acceptors (Lipinski definition) is 3. The molecule has 0 amide bonds. The molecule has 0 radical (unpaired) electrons. The second kappa shape index (κ2) is 5.79. The summed E-state index contributed by atoms with van der Waals surface area (Å²) in [4.78, 5) is 4.11. The number of rotatable bonds is 4. The molecule has 0 bridgehead atoms. The molecule has 3 rings (SSSR count). The lowest BCUT2D eigenvalue weighted by Crippen LogP contribution is -2.02. The van der Waals surface area contributed by atoms with Crippen molar-refractivity contribution in [2.45, 2.75) is 6.54 Å². The van der Waals surface area contributed by atoms with Crippen LogP contribution in [-0.4, -0.2) is 12.1 Å². The van der Waals surface area contributed by atoms with Crippen LogP contribution in [0.25, 0.3) is 10.8 Å². The van der Waals surface area contributed by atoms with Gasteiger partial charge in [0.25, 0.3) is 0 Å². The quantitative estimate of drug-likeness (QED) is 0.785. The number of benzene rings is 2. The maximum atomic E-state index is 13.8. The van der Waals surface area contributed by atoms with E-state index < -0.39 is 0 Å². The van der Waals surface area contributed by atoms with E-state index in [1.807, 2.05) is 30.5 Å². The van der Waals surface area contributed by atoms with Crippen molar-refractivity contribution in [3.05, 3.63) is 66.2 Å². The predicted octanol–water partition coefficient (Wildman–Crippen LogP) is 3.99. The molecule has 4 heteroatoms. The highest BCUT2D eigenvalue weighted by Crippen LogP contribution is 2.23. The standard InChI is InChI=1S/C17H15FN2O/c1-21-14-5-6-16(18)17(9-14)20-11-13-4-2-3-12-10-19-8-7-15(12)13/h2-10,20H,11H2,1H3. The van der Waals surface area contributed by atoms with E-state index in [1.54, 1.807) is 25.4 Å². The second-order valence-corrected chi connectivity index (χ2v) is 4.71. The van der Waals surface area contributed by atoms with Gasteiger partial charge in [-0.3, -0.25) is 4.98 Å². The number of methoxy groups -OCH3 is 1. The normalized spacial score (nSPS) is 10.6. The minimum Gasteiger partial charge on any atom is -0.497 e. The van der Waals surface area contributed by atoms with Crippen LogP contribution >= 0.6 is 0 Å². The molecule has 106 valence electrons. The molecule has 0 unspecified atom stereocenters. The van der Waals surface area contributed by atoms with Crippen molar-refractivity contribution in [3.8, 4) is 5.75 Å². The molecule has 0 aliphatic carbocycles. The Morgan fingerprint density at radius 3 is 2.95 bits per heavy atom. The summed E-state index contributed by atoms with van der Waals surface area (Å²) in [5.74, 6) is 0.332. The number of anilines is 1.